The predicted molar refractivity (Wildman–Crippen MR) is 70.7 cm³/mol. The summed E-state index contributed by atoms with van der Waals surface area (Å²) >= 11 is 0. The summed E-state index contributed by atoms with van der Waals surface area (Å²) in [4.78, 5) is 2.07. The summed E-state index contributed by atoms with van der Waals surface area (Å²) in [5.41, 5.74) is 0.405. The van der Waals surface area contributed by atoms with Crippen molar-refractivity contribution in [3.63, 3.8) is 0 Å². The molecule has 1 rings (SSSR count). The molecule has 0 radical (unpaired) electrons. The lowest BCUT2D eigenvalue weighted by Crippen LogP contribution is -2.38. The molecule has 0 aromatic heterocycles. The maximum absolute atomic E-state index is 12.1. The lowest BCUT2D eigenvalue weighted by Gasteiger charge is -2.20. The van der Waals surface area contributed by atoms with Crippen LogP contribution in [0.5, 0.6) is 0 Å². The summed E-state index contributed by atoms with van der Waals surface area (Å²) in [5.74, 6) is 0. The Balaban J connectivity index is 2.87. The van der Waals surface area contributed by atoms with Crippen molar-refractivity contribution in [2.24, 2.45) is 0 Å². The molecule has 0 fully saturated rings. The summed E-state index contributed by atoms with van der Waals surface area (Å²) in [5, 5.41) is 9.15. The smallest absolute Gasteiger partial charge is 0.240 e. The largest absolute Gasteiger partial charge is 0.392 e. The van der Waals surface area contributed by atoms with Gasteiger partial charge in [0.25, 0.3) is 0 Å². The molecule has 1 aromatic rings. The van der Waals surface area contributed by atoms with Crippen LogP contribution in [0.4, 0.5) is 0 Å². The summed E-state index contributed by atoms with van der Waals surface area (Å²) in [6, 6.07) is 6.54. The molecule has 0 aliphatic carbocycles. The van der Waals surface area contributed by atoms with E-state index in [1.807, 2.05) is 25.9 Å². The second-order valence-electron chi connectivity index (χ2n) is 4.43. The van der Waals surface area contributed by atoms with E-state index < -0.39 is 10.0 Å². The van der Waals surface area contributed by atoms with E-state index in [2.05, 4.69) is 4.72 Å². The monoisotopic (exact) mass is 272 g/mol. The molecule has 0 saturated heterocycles. The van der Waals surface area contributed by atoms with Crippen LogP contribution in [0.3, 0.4) is 0 Å². The van der Waals surface area contributed by atoms with Crippen LogP contribution in [0.2, 0.25) is 0 Å². The summed E-state index contributed by atoms with van der Waals surface area (Å²) < 4.78 is 26.7. The number of aliphatic hydroxyl groups is 1. The lowest BCUT2D eigenvalue weighted by molar-refractivity contribution is 0.278. The van der Waals surface area contributed by atoms with Gasteiger partial charge in [-0.2, -0.15) is 0 Å². The van der Waals surface area contributed by atoms with Crippen LogP contribution in [0.25, 0.3) is 0 Å². The number of sulfonamides is 1. The van der Waals surface area contributed by atoms with Gasteiger partial charge in [-0.3, -0.25) is 0 Å². The van der Waals surface area contributed by atoms with Gasteiger partial charge >= 0.3 is 0 Å². The SMILES string of the molecule is CC(CNS(=O)(=O)c1ccccc1CO)N(C)C. The van der Waals surface area contributed by atoms with Crippen LogP contribution < -0.4 is 4.72 Å². The Morgan fingerprint density at radius 1 is 1.33 bits per heavy atom. The van der Waals surface area contributed by atoms with E-state index in [1.54, 1.807) is 18.2 Å². The Kier molecular flexibility index (Phi) is 5.28. The van der Waals surface area contributed by atoms with Crippen molar-refractivity contribution in [1.82, 2.24) is 9.62 Å². The molecule has 0 saturated carbocycles. The number of hydrogen-bond acceptors (Lipinski definition) is 4. The van der Waals surface area contributed by atoms with Gasteiger partial charge in [0.15, 0.2) is 0 Å². The van der Waals surface area contributed by atoms with Crippen LogP contribution in [0.1, 0.15) is 12.5 Å². The zero-order valence-corrected chi connectivity index (χ0v) is 11.7. The van der Waals surface area contributed by atoms with Gasteiger partial charge < -0.3 is 10.0 Å². The molecule has 1 unspecified atom stereocenters. The highest BCUT2D eigenvalue weighted by Crippen LogP contribution is 2.15. The molecule has 6 heteroatoms. The first-order valence-electron chi connectivity index (χ1n) is 5.73. The van der Waals surface area contributed by atoms with Gasteiger partial charge in [0.1, 0.15) is 0 Å². The Labute approximate surface area is 108 Å². The zero-order valence-electron chi connectivity index (χ0n) is 10.9. The van der Waals surface area contributed by atoms with Crippen LogP contribution in [0.15, 0.2) is 29.2 Å². The minimum Gasteiger partial charge on any atom is -0.392 e. The third-order valence-electron chi connectivity index (χ3n) is 2.88. The lowest BCUT2D eigenvalue weighted by atomic mass is 10.2. The minimum atomic E-state index is -3.57. The first kappa shape index (κ1) is 15.1. The number of likely N-dealkylation sites (N-methyl/N-ethyl adjacent to an activating group) is 1. The molecular weight excluding hydrogens is 252 g/mol. The normalized spacial score (nSPS) is 13.8. The van der Waals surface area contributed by atoms with E-state index in [1.165, 1.54) is 6.07 Å². The van der Waals surface area contributed by atoms with Crippen molar-refractivity contribution >= 4 is 10.0 Å². The van der Waals surface area contributed by atoms with Gasteiger partial charge in [-0.15, -0.1) is 0 Å². The maximum Gasteiger partial charge on any atom is 0.240 e. The van der Waals surface area contributed by atoms with Gasteiger partial charge in [0.05, 0.1) is 11.5 Å². The van der Waals surface area contributed by atoms with Crippen molar-refractivity contribution in [1.29, 1.82) is 0 Å². The topological polar surface area (TPSA) is 69.6 Å². The fourth-order valence-corrected chi connectivity index (χ4v) is 2.74. The first-order valence-corrected chi connectivity index (χ1v) is 7.21. The van der Waals surface area contributed by atoms with E-state index in [-0.39, 0.29) is 17.5 Å². The van der Waals surface area contributed by atoms with E-state index in [0.717, 1.165) is 0 Å². The van der Waals surface area contributed by atoms with Crippen LogP contribution in [0, 0.1) is 0 Å². The van der Waals surface area contributed by atoms with Crippen LogP contribution in [-0.4, -0.2) is 45.1 Å². The third kappa shape index (κ3) is 3.78. The van der Waals surface area contributed by atoms with Gasteiger partial charge in [-0.25, -0.2) is 13.1 Å². The molecule has 1 aromatic carbocycles. The third-order valence-corrected chi connectivity index (χ3v) is 4.41. The number of rotatable bonds is 6. The highest BCUT2D eigenvalue weighted by atomic mass is 32.2. The zero-order chi connectivity index (χ0) is 13.8. The summed E-state index contributed by atoms with van der Waals surface area (Å²) in [6.07, 6.45) is 0. The fraction of sp³-hybridized carbons (Fsp3) is 0.500. The molecule has 0 aliphatic heterocycles. The first-order chi connectivity index (χ1) is 8.38. The van der Waals surface area contributed by atoms with Crippen LogP contribution >= 0.6 is 0 Å². The summed E-state index contributed by atoms with van der Waals surface area (Å²) in [7, 11) is 0.211. The fourth-order valence-electron chi connectivity index (χ4n) is 1.39. The molecule has 1 atom stereocenters. The van der Waals surface area contributed by atoms with E-state index in [0.29, 0.717) is 12.1 Å². The molecule has 0 heterocycles. The molecular formula is C12H20N2O3S. The van der Waals surface area contributed by atoms with E-state index in [9.17, 15) is 8.42 Å². The highest BCUT2D eigenvalue weighted by Gasteiger charge is 2.18. The average Bonchev–Trinajstić information content (AvgIpc) is 2.35. The second kappa shape index (κ2) is 6.29. The molecule has 0 aliphatic rings. The van der Waals surface area contributed by atoms with Crippen molar-refractivity contribution in [3.8, 4) is 0 Å². The van der Waals surface area contributed by atoms with Crippen LogP contribution in [-0.2, 0) is 16.6 Å². The number of benzene rings is 1. The molecule has 2 N–H and O–H groups in total. The van der Waals surface area contributed by atoms with E-state index >= 15 is 0 Å². The van der Waals surface area contributed by atoms with Crippen molar-refractivity contribution in [2.45, 2.75) is 24.5 Å². The van der Waals surface area contributed by atoms with Gasteiger partial charge in [0, 0.05) is 12.6 Å². The second-order valence-corrected chi connectivity index (χ2v) is 6.17. The molecule has 5 nitrogen and oxygen atoms in total. The number of hydrogen-bond donors (Lipinski definition) is 2. The standard InChI is InChI=1S/C12H20N2O3S/c1-10(14(2)3)8-13-18(16,17)12-7-5-4-6-11(12)9-15/h4-7,10,13,15H,8-9H2,1-3H3. The van der Waals surface area contributed by atoms with Crippen molar-refractivity contribution in [2.75, 3.05) is 20.6 Å². The van der Waals surface area contributed by atoms with Gasteiger partial charge in [0.2, 0.25) is 10.0 Å². The predicted octanol–water partition coefficient (Wildman–Crippen LogP) is 0.407. The number of nitrogens with one attached hydrogen (secondary N) is 1. The molecule has 0 spiro atoms. The van der Waals surface area contributed by atoms with Gasteiger partial charge in [-0.05, 0) is 32.6 Å². The molecule has 18 heavy (non-hydrogen) atoms. The minimum absolute atomic E-state index is 0.0982. The van der Waals surface area contributed by atoms with Gasteiger partial charge in [-0.1, -0.05) is 18.2 Å². The molecule has 102 valence electrons. The number of aliphatic hydroxyl groups excluding tert-OH is 1. The Hall–Kier alpha value is -0.950. The summed E-state index contributed by atoms with van der Waals surface area (Å²) in [6.45, 7) is 1.97. The number of nitrogens with zero attached hydrogens (tertiary/aromatic N) is 1. The molecule has 0 bridgehead atoms. The van der Waals surface area contributed by atoms with E-state index in [4.69, 9.17) is 5.11 Å². The Bertz CT molecular complexity index is 486. The average molecular weight is 272 g/mol. The van der Waals surface area contributed by atoms with Crippen molar-refractivity contribution < 1.29 is 13.5 Å². The maximum atomic E-state index is 12.1. The Morgan fingerprint density at radius 2 is 1.94 bits per heavy atom. The Morgan fingerprint density at radius 3 is 2.50 bits per heavy atom. The quantitative estimate of drug-likeness (QED) is 0.787. The highest BCUT2D eigenvalue weighted by molar-refractivity contribution is 7.89. The molecule has 0 amide bonds. The van der Waals surface area contributed by atoms with Crippen molar-refractivity contribution in [3.05, 3.63) is 29.8 Å².